The van der Waals surface area contributed by atoms with Crippen molar-refractivity contribution in [2.75, 3.05) is 11.9 Å². The average Bonchev–Trinajstić information content (AvgIpc) is 3.18. The van der Waals surface area contributed by atoms with Crippen LogP contribution in [0.2, 0.25) is 5.02 Å². The fourth-order valence-electron chi connectivity index (χ4n) is 2.67. The maximum absolute atomic E-state index is 12.0. The summed E-state index contributed by atoms with van der Waals surface area (Å²) >= 11 is 6.04. The van der Waals surface area contributed by atoms with Gasteiger partial charge < -0.3 is 10.6 Å². The van der Waals surface area contributed by atoms with E-state index >= 15 is 0 Å². The van der Waals surface area contributed by atoms with Crippen LogP contribution in [-0.2, 0) is 16.0 Å². The van der Waals surface area contributed by atoms with Crippen molar-refractivity contribution < 1.29 is 9.59 Å². The largest absolute Gasteiger partial charge is 0.347 e. The van der Waals surface area contributed by atoms with Gasteiger partial charge in [-0.1, -0.05) is 35.9 Å². The second-order valence-electron chi connectivity index (χ2n) is 6.37. The second-order valence-corrected chi connectivity index (χ2v) is 6.77. The second kappa shape index (κ2) is 9.19. The van der Waals surface area contributed by atoms with Crippen molar-refractivity contribution in [1.29, 1.82) is 0 Å². The zero-order valence-corrected chi connectivity index (χ0v) is 16.2. The van der Waals surface area contributed by atoms with Crippen LogP contribution in [0, 0.1) is 6.92 Å². The highest BCUT2D eigenvalue weighted by Gasteiger charge is 2.09. The van der Waals surface area contributed by atoms with Crippen molar-refractivity contribution in [3.05, 3.63) is 77.1 Å². The molecule has 2 aromatic carbocycles. The molecule has 0 bridgehead atoms. The summed E-state index contributed by atoms with van der Waals surface area (Å²) in [5, 5.41) is 10.3. The molecule has 3 aromatic rings. The Morgan fingerprint density at radius 2 is 1.86 bits per heavy atom. The van der Waals surface area contributed by atoms with E-state index in [1.54, 1.807) is 29.1 Å². The number of rotatable bonds is 7. The minimum atomic E-state index is -0.296. The molecule has 0 radical (unpaired) electrons. The number of halogens is 1. The third-order valence-corrected chi connectivity index (χ3v) is 4.69. The van der Waals surface area contributed by atoms with Gasteiger partial charge in [-0.2, -0.15) is 5.10 Å². The van der Waals surface area contributed by atoms with Crippen LogP contribution in [0.5, 0.6) is 0 Å². The first-order valence-corrected chi connectivity index (χ1v) is 9.31. The summed E-state index contributed by atoms with van der Waals surface area (Å²) in [6.07, 6.45) is 4.48. The lowest BCUT2D eigenvalue weighted by molar-refractivity contribution is -0.124. The van der Waals surface area contributed by atoms with Crippen LogP contribution in [0.25, 0.3) is 5.69 Å². The van der Waals surface area contributed by atoms with E-state index in [4.69, 9.17) is 11.6 Å². The molecule has 0 aliphatic heterocycles. The molecule has 144 valence electrons. The molecule has 0 atom stereocenters. The zero-order valence-electron chi connectivity index (χ0n) is 15.5. The number of nitrogens with one attached hydrogen (secondary N) is 2. The van der Waals surface area contributed by atoms with Gasteiger partial charge in [0.25, 0.3) is 0 Å². The predicted molar refractivity (Wildman–Crippen MR) is 110 cm³/mol. The van der Waals surface area contributed by atoms with Crippen LogP contribution in [0.4, 0.5) is 5.69 Å². The number of anilines is 1. The lowest BCUT2D eigenvalue weighted by Gasteiger charge is -2.10. The van der Waals surface area contributed by atoms with Crippen LogP contribution < -0.4 is 10.6 Å². The van der Waals surface area contributed by atoms with Gasteiger partial charge in [0.05, 0.1) is 18.4 Å². The molecule has 6 nitrogen and oxygen atoms in total. The molecule has 0 fully saturated rings. The summed E-state index contributed by atoms with van der Waals surface area (Å²) in [5.74, 6) is -0.485. The number of aryl methyl sites for hydroxylation is 1. The predicted octanol–water partition coefficient (Wildman–Crippen LogP) is 3.52. The Morgan fingerprint density at radius 3 is 2.64 bits per heavy atom. The molecule has 28 heavy (non-hydrogen) atoms. The molecule has 0 saturated heterocycles. The zero-order chi connectivity index (χ0) is 19.9. The van der Waals surface area contributed by atoms with Crippen molar-refractivity contribution in [3.63, 3.8) is 0 Å². The Hall–Kier alpha value is -3.12. The normalized spacial score (nSPS) is 10.5. The number of para-hydroxylation sites is 1. The van der Waals surface area contributed by atoms with E-state index in [1.165, 1.54) is 0 Å². The van der Waals surface area contributed by atoms with Crippen LogP contribution in [0.3, 0.4) is 0 Å². The molecule has 0 aliphatic carbocycles. The molecule has 3 rings (SSSR count). The number of hydrogen-bond acceptors (Lipinski definition) is 3. The molecular formula is C21H21ClN4O2. The molecule has 1 aromatic heterocycles. The minimum absolute atomic E-state index is 0.0892. The van der Waals surface area contributed by atoms with E-state index in [9.17, 15) is 9.59 Å². The maximum atomic E-state index is 12.0. The fourth-order valence-corrected chi connectivity index (χ4v) is 2.85. The van der Waals surface area contributed by atoms with Crippen molar-refractivity contribution in [2.45, 2.75) is 19.8 Å². The van der Waals surface area contributed by atoms with Gasteiger partial charge in [-0.3, -0.25) is 9.59 Å². The van der Waals surface area contributed by atoms with E-state index in [-0.39, 0.29) is 24.8 Å². The van der Waals surface area contributed by atoms with E-state index in [0.29, 0.717) is 17.1 Å². The number of hydrogen-bond donors (Lipinski definition) is 2. The van der Waals surface area contributed by atoms with Crippen molar-refractivity contribution in [1.82, 2.24) is 15.1 Å². The Labute approximate surface area is 168 Å². The van der Waals surface area contributed by atoms with Crippen molar-refractivity contribution in [2.24, 2.45) is 0 Å². The van der Waals surface area contributed by atoms with E-state index in [0.717, 1.165) is 16.8 Å². The monoisotopic (exact) mass is 396 g/mol. The summed E-state index contributed by atoms with van der Waals surface area (Å²) in [5.41, 5.74) is 3.35. The SMILES string of the molecule is Cc1c(Cl)cccc1NC(=O)CNC(=O)CCc1cnn(-c2ccccc2)c1. The van der Waals surface area contributed by atoms with Gasteiger partial charge in [-0.05, 0) is 48.7 Å². The molecule has 0 aliphatic rings. The third-order valence-electron chi connectivity index (χ3n) is 4.29. The molecular weight excluding hydrogens is 376 g/mol. The fraction of sp³-hybridized carbons (Fsp3) is 0.190. The summed E-state index contributed by atoms with van der Waals surface area (Å²) in [6.45, 7) is 1.74. The van der Waals surface area contributed by atoms with Gasteiger partial charge >= 0.3 is 0 Å². The molecule has 0 spiro atoms. The lowest BCUT2D eigenvalue weighted by atomic mass is 10.2. The smallest absolute Gasteiger partial charge is 0.243 e. The standard InChI is InChI=1S/C21H21ClN4O2/c1-15-18(22)8-5-9-19(15)25-21(28)13-23-20(27)11-10-16-12-24-26(14-16)17-6-3-2-4-7-17/h2-9,12,14H,10-11,13H2,1H3,(H,23,27)(H,25,28). The summed E-state index contributed by atoms with van der Waals surface area (Å²) in [6, 6.07) is 15.1. The Bertz CT molecular complexity index is 970. The summed E-state index contributed by atoms with van der Waals surface area (Å²) < 4.78 is 1.77. The van der Waals surface area contributed by atoms with Gasteiger partial charge in [-0.25, -0.2) is 4.68 Å². The molecule has 1 heterocycles. The Balaban J connectivity index is 1.44. The van der Waals surface area contributed by atoms with Crippen molar-refractivity contribution >= 4 is 29.1 Å². The van der Waals surface area contributed by atoms with Gasteiger partial charge in [0.15, 0.2) is 0 Å². The molecule has 2 amide bonds. The third kappa shape index (κ3) is 5.20. The lowest BCUT2D eigenvalue weighted by Crippen LogP contribution is -2.33. The first kappa shape index (κ1) is 19.6. The summed E-state index contributed by atoms with van der Waals surface area (Å²) in [7, 11) is 0. The number of amides is 2. The first-order valence-electron chi connectivity index (χ1n) is 8.93. The van der Waals surface area contributed by atoms with Crippen molar-refractivity contribution in [3.8, 4) is 5.69 Å². The molecule has 7 heteroatoms. The molecule has 0 saturated carbocycles. The highest BCUT2D eigenvalue weighted by Crippen LogP contribution is 2.22. The quantitative estimate of drug-likeness (QED) is 0.641. The number of aromatic nitrogens is 2. The van der Waals surface area contributed by atoms with Gasteiger partial charge in [0.1, 0.15) is 0 Å². The van der Waals surface area contributed by atoms with Crippen LogP contribution >= 0.6 is 11.6 Å². The van der Waals surface area contributed by atoms with Crippen LogP contribution in [0.15, 0.2) is 60.9 Å². The van der Waals surface area contributed by atoms with Crippen LogP contribution in [0.1, 0.15) is 17.5 Å². The highest BCUT2D eigenvalue weighted by molar-refractivity contribution is 6.31. The minimum Gasteiger partial charge on any atom is -0.347 e. The molecule has 2 N–H and O–H groups in total. The molecule has 0 unspecified atom stereocenters. The number of carbonyl (C=O) groups is 2. The van der Waals surface area contributed by atoms with E-state index < -0.39 is 0 Å². The highest BCUT2D eigenvalue weighted by atomic mass is 35.5. The van der Waals surface area contributed by atoms with Gasteiger partial charge in [-0.15, -0.1) is 0 Å². The Kier molecular flexibility index (Phi) is 6.45. The number of benzene rings is 2. The number of carbonyl (C=O) groups excluding carboxylic acids is 2. The summed E-state index contributed by atoms with van der Waals surface area (Å²) in [4.78, 5) is 24.1. The maximum Gasteiger partial charge on any atom is 0.243 e. The number of nitrogens with zero attached hydrogens (tertiary/aromatic N) is 2. The Morgan fingerprint density at radius 1 is 1.07 bits per heavy atom. The van der Waals surface area contributed by atoms with E-state index in [2.05, 4.69) is 15.7 Å². The van der Waals surface area contributed by atoms with Gasteiger partial charge in [0, 0.05) is 23.3 Å². The van der Waals surface area contributed by atoms with E-state index in [1.807, 2.05) is 43.5 Å². The first-order chi connectivity index (χ1) is 13.5. The topological polar surface area (TPSA) is 76.0 Å². The average molecular weight is 397 g/mol. The van der Waals surface area contributed by atoms with Gasteiger partial charge in [0.2, 0.25) is 11.8 Å². The van der Waals surface area contributed by atoms with Crippen LogP contribution in [-0.4, -0.2) is 28.1 Å².